The maximum absolute atomic E-state index is 2.32. The molecule has 0 heterocycles. The summed E-state index contributed by atoms with van der Waals surface area (Å²) < 4.78 is 0. The molecular weight excluding hydrogens is 268 g/mol. The molecule has 2 heteroatoms. The summed E-state index contributed by atoms with van der Waals surface area (Å²) >= 11 is 0. The summed E-state index contributed by atoms with van der Waals surface area (Å²) in [5.74, 6) is 0.921. The second-order valence-corrected chi connectivity index (χ2v) is 6.76. The lowest BCUT2D eigenvalue weighted by Gasteiger charge is -2.43. The van der Waals surface area contributed by atoms with Crippen molar-refractivity contribution in [2.75, 3.05) is 28.2 Å². The van der Waals surface area contributed by atoms with Gasteiger partial charge in [0.05, 0.1) is 0 Å². The molecule has 2 atom stereocenters. The Balaban J connectivity index is 1.94. The van der Waals surface area contributed by atoms with Crippen LogP contribution in [0.5, 0.6) is 0 Å². The van der Waals surface area contributed by atoms with Crippen LogP contribution in [0.3, 0.4) is 0 Å². The van der Waals surface area contributed by atoms with Crippen LogP contribution < -0.4 is 0 Å². The van der Waals surface area contributed by atoms with E-state index in [4.69, 9.17) is 0 Å². The van der Waals surface area contributed by atoms with Gasteiger partial charge in [0.25, 0.3) is 0 Å². The van der Waals surface area contributed by atoms with Gasteiger partial charge in [-0.1, -0.05) is 36.5 Å². The summed E-state index contributed by atoms with van der Waals surface area (Å²) in [6, 6.07) is 0. The first-order valence-corrected chi connectivity index (χ1v) is 7.87. The van der Waals surface area contributed by atoms with Crippen LogP contribution in [0.1, 0.15) is 0 Å². The minimum absolute atomic E-state index is 0.460. The number of hydrogen-bond donors (Lipinski definition) is 0. The molecule has 2 nitrogen and oxygen atoms in total. The number of nitrogens with zero attached hydrogens (tertiary/aromatic N) is 2. The molecule has 0 N–H and O–H groups in total. The lowest BCUT2D eigenvalue weighted by atomic mass is 9.63. The van der Waals surface area contributed by atoms with E-state index in [2.05, 4.69) is 86.6 Å². The van der Waals surface area contributed by atoms with Crippen LogP contribution in [-0.2, 0) is 0 Å². The van der Waals surface area contributed by atoms with E-state index in [1.54, 1.807) is 0 Å². The van der Waals surface area contributed by atoms with Crippen molar-refractivity contribution in [3.05, 3.63) is 82.3 Å². The van der Waals surface area contributed by atoms with Gasteiger partial charge in [-0.15, -0.1) is 0 Å². The molecule has 0 fully saturated rings. The average molecular weight is 290 g/mol. The quantitative estimate of drug-likeness (QED) is 0.769. The fourth-order valence-electron chi connectivity index (χ4n) is 4.05. The van der Waals surface area contributed by atoms with Crippen molar-refractivity contribution in [3.63, 3.8) is 0 Å². The van der Waals surface area contributed by atoms with Crippen molar-refractivity contribution < 1.29 is 0 Å². The Morgan fingerprint density at radius 3 is 2.09 bits per heavy atom. The zero-order chi connectivity index (χ0) is 15.4. The lowest BCUT2D eigenvalue weighted by Crippen LogP contribution is -2.34. The van der Waals surface area contributed by atoms with E-state index in [1.165, 1.54) is 33.7 Å². The number of likely N-dealkylation sites (N-methyl/N-ethyl adjacent to an activating group) is 2. The van der Waals surface area contributed by atoms with Gasteiger partial charge in [-0.3, -0.25) is 0 Å². The molecule has 0 aromatic rings. The molecule has 0 saturated carbocycles. The fourth-order valence-corrected chi connectivity index (χ4v) is 4.05. The smallest absolute Gasteiger partial charge is 0.0400 e. The Hall–Kier alpha value is -2.22. The van der Waals surface area contributed by atoms with E-state index in [0.717, 1.165) is 0 Å². The van der Waals surface area contributed by atoms with Gasteiger partial charge in [0.2, 0.25) is 0 Å². The van der Waals surface area contributed by atoms with Crippen LogP contribution in [0.4, 0.5) is 0 Å². The van der Waals surface area contributed by atoms with Crippen molar-refractivity contribution in [1.29, 1.82) is 0 Å². The summed E-state index contributed by atoms with van der Waals surface area (Å²) in [6.07, 6.45) is 18.3. The summed E-state index contributed by atoms with van der Waals surface area (Å²) in [7, 11) is 8.52. The van der Waals surface area contributed by atoms with Crippen LogP contribution in [0.25, 0.3) is 0 Å². The molecule has 0 spiro atoms. The summed E-state index contributed by atoms with van der Waals surface area (Å²) in [5, 5.41) is 0. The fraction of sp³-hybridized carbons (Fsp3) is 0.300. The maximum atomic E-state index is 2.32. The van der Waals surface area contributed by atoms with Crippen LogP contribution in [0.15, 0.2) is 82.3 Å². The molecule has 2 unspecified atom stereocenters. The number of hydrogen-bond acceptors (Lipinski definition) is 2. The van der Waals surface area contributed by atoms with Gasteiger partial charge in [0.15, 0.2) is 0 Å². The van der Waals surface area contributed by atoms with Gasteiger partial charge in [-0.05, 0) is 34.4 Å². The van der Waals surface area contributed by atoms with Gasteiger partial charge >= 0.3 is 0 Å². The SMILES string of the molecule is CN(C)C1=CC=C2C=CC3=C(N(C)C)C=CC4=CC=C1C2C43. The highest BCUT2D eigenvalue weighted by atomic mass is 15.1. The molecular formula is C20H22N2. The number of rotatable bonds is 2. The Kier molecular flexibility index (Phi) is 2.83. The van der Waals surface area contributed by atoms with Crippen LogP contribution >= 0.6 is 0 Å². The van der Waals surface area contributed by atoms with Crippen molar-refractivity contribution >= 4 is 0 Å². The van der Waals surface area contributed by atoms with E-state index in [9.17, 15) is 0 Å². The van der Waals surface area contributed by atoms with Crippen molar-refractivity contribution in [1.82, 2.24) is 9.80 Å². The van der Waals surface area contributed by atoms with E-state index in [-0.39, 0.29) is 0 Å². The molecule has 0 bridgehead atoms. The lowest BCUT2D eigenvalue weighted by molar-refractivity contribution is 0.456. The third kappa shape index (κ3) is 1.73. The minimum Gasteiger partial charge on any atom is -0.377 e. The largest absolute Gasteiger partial charge is 0.377 e. The molecule has 4 aliphatic carbocycles. The van der Waals surface area contributed by atoms with Crippen LogP contribution in [0, 0.1) is 11.8 Å². The molecule has 0 aromatic carbocycles. The van der Waals surface area contributed by atoms with Crippen molar-refractivity contribution in [2.24, 2.45) is 11.8 Å². The van der Waals surface area contributed by atoms with E-state index >= 15 is 0 Å². The van der Waals surface area contributed by atoms with E-state index in [1.807, 2.05) is 0 Å². The van der Waals surface area contributed by atoms with Crippen LogP contribution in [0.2, 0.25) is 0 Å². The third-order valence-electron chi connectivity index (χ3n) is 5.05. The molecule has 22 heavy (non-hydrogen) atoms. The average Bonchev–Trinajstić information content (AvgIpc) is 2.51. The Morgan fingerprint density at radius 1 is 0.682 bits per heavy atom. The van der Waals surface area contributed by atoms with Gasteiger partial charge in [-0.2, -0.15) is 0 Å². The van der Waals surface area contributed by atoms with Crippen molar-refractivity contribution in [3.8, 4) is 0 Å². The predicted octanol–water partition coefficient (Wildman–Crippen LogP) is 3.43. The first-order valence-electron chi connectivity index (χ1n) is 7.87. The van der Waals surface area contributed by atoms with E-state index < -0.39 is 0 Å². The Labute approximate surface area is 132 Å². The Bertz CT molecular complexity index is 749. The zero-order valence-corrected chi connectivity index (χ0v) is 13.7. The third-order valence-corrected chi connectivity index (χ3v) is 5.05. The molecule has 0 saturated heterocycles. The molecule has 0 radical (unpaired) electrons. The van der Waals surface area contributed by atoms with Gasteiger partial charge in [0.1, 0.15) is 0 Å². The highest BCUT2D eigenvalue weighted by molar-refractivity contribution is 5.63. The molecule has 0 aliphatic heterocycles. The van der Waals surface area contributed by atoms with Crippen molar-refractivity contribution in [2.45, 2.75) is 0 Å². The monoisotopic (exact) mass is 290 g/mol. The summed E-state index contributed by atoms with van der Waals surface area (Å²) in [6.45, 7) is 0. The molecule has 0 amide bonds. The molecule has 112 valence electrons. The maximum Gasteiger partial charge on any atom is 0.0400 e. The number of allylic oxidation sites excluding steroid dienone is 12. The summed E-state index contributed by atoms with van der Waals surface area (Å²) in [5.41, 5.74) is 8.44. The minimum atomic E-state index is 0.460. The van der Waals surface area contributed by atoms with E-state index in [0.29, 0.717) is 11.8 Å². The highest BCUT2D eigenvalue weighted by Gasteiger charge is 2.40. The molecule has 4 aliphatic rings. The second-order valence-electron chi connectivity index (χ2n) is 6.76. The normalized spacial score (nSPS) is 27.6. The zero-order valence-electron chi connectivity index (χ0n) is 13.7. The first kappa shape index (κ1) is 13.4. The van der Waals surface area contributed by atoms with Gasteiger partial charge < -0.3 is 9.80 Å². The molecule has 0 aromatic heterocycles. The predicted molar refractivity (Wildman–Crippen MR) is 92.0 cm³/mol. The second kappa shape index (κ2) is 4.64. The Morgan fingerprint density at radius 2 is 1.36 bits per heavy atom. The topological polar surface area (TPSA) is 6.48 Å². The first-order chi connectivity index (χ1) is 10.6. The van der Waals surface area contributed by atoms with Crippen LogP contribution in [-0.4, -0.2) is 38.0 Å². The van der Waals surface area contributed by atoms with Gasteiger partial charge in [-0.25, -0.2) is 0 Å². The molecule has 4 rings (SSSR count). The summed E-state index contributed by atoms with van der Waals surface area (Å²) in [4.78, 5) is 4.45. The van der Waals surface area contributed by atoms with Gasteiger partial charge in [0, 0.05) is 51.4 Å². The highest BCUT2D eigenvalue weighted by Crippen LogP contribution is 2.51. The standard InChI is InChI=1S/C20H22N2/c1-21(2)17-11-7-13-6-10-16-18(22(3)4)12-8-14-5-9-15(17)19(13)20(14)16/h5-12,19-20H,1-4H3.